The third-order valence-corrected chi connectivity index (χ3v) is 6.75. The van der Waals surface area contributed by atoms with E-state index in [1.807, 2.05) is 52.8 Å². The quantitative estimate of drug-likeness (QED) is 0.498. The molecule has 0 saturated heterocycles. The maximum atomic E-state index is 13.1. The van der Waals surface area contributed by atoms with Gasteiger partial charge in [-0.05, 0) is 42.5 Å². The molecule has 1 atom stereocenters. The van der Waals surface area contributed by atoms with Crippen LogP contribution in [0.3, 0.4) is 0 Å². The van der Waals surface area contributed by atoms with Crippen molar-refractivity contribution in [2.24, 2.45) is 4.99 Å². The van der Waals surface area contributed by atoms with Crippen molar-refractivity contribution in [3.8, 4) is 11.5 Å². The molecule has 2 heterocycles. The van der Waals surface area contributed by atoms with E-state index in [9.17, 15) is 9.59 Å². The Morgan fingerprint density at radius 3 is 2.42 bits per heavy atom. The van der Waals surface area contributed by atoms with Crippen LogP contribution in [0.4, 0.5) is 0 Å². The third-order valence-electron chi connectivity index (χ3n) is 5.86. The number of esters is 1. The fourth-order valence-corrected chi connectivity index (χ4v) is 5.13. The van der Waals surface area contributed by atoms with E-state index >= 15 is 0 Å². The van der Waals surface area contributed by atoms with Gasteiger partial charge in [0.2, 0.25) is 5.91 Å². The molecule has 0 saturated carbocycles. The molecule has 1 N–H and O–H groups in total. The van der Waals surface area contributed by atoms with E-state index in [-0.39, 0.29) is 18.9 Å². The molecule has 2 aromatic rings. The van der Waals surface area contributed by atoms with Crippen LogP contribution in [0.5, 0.6) is 11.5 Å². The van der Waals surface area contributed by atoms with Gasteiger partial charge in [0.15, 0.2) is 5.17 Å². The molecular formula is C27H29N3O5S. The predicted octanol–water partition coefficient (Wildman–Crippen LogP) is 4.55. The molecule has 188 valence electrons. The summed E-state index contributed by atoms with van der Waals surface area (Å²) in [5, 5.41) is 5.58. The lowest BCUT2D eigenvalue weighted by Crippen LogP contribution is -2.38. The summed E-state index contributed by atoms with van der Waals surface area (Å²) in [7, 11) is 3.15. The van der Waals surface area contributed by atoms with Gasteiger partial charge in [-0.3, -0.25) is 4.79 Å². The molecule has 2 aliphatic rings. The number of thioether (sulfide) groups is 1. The van der Waals surface area contributed by atoms with Gasteiger partial charge in [-0.2, -0.15) is 0 Å². The first kappa shape index (κ1) is 25.4. The number of methoxy groups -OCH3 is 2. The first-order valence-corrected chi connectivity index (χ1v) is 12.5. The zero-order valence-corrected chi connectivity index (χ0v) is 21.6. The Morgan fingerprint density at radius 1 is 1.08 bits per heavy atom. The second-order valence-electron chi connectivity index (χ2n) is 8.20. The van der Waals surface area contributed by atoms with Gasteiger partial charge >= 0.3 is 5.97 Å². The molecule has 9 heteroatoms. The fourth-order valence-electron chi connectivity index (χ4n) is 4.17. The first-order valence-electron chi connectivity index (χ1n) is 11.6. The normalized spacial score (nSPS) is 16.7. The van der Waals surface area contributed by atoms with Crippen molar-refractivity contribution < 1.29 is 23.8 Å². The van der Waals surface area contributed by atoms with E-state index in [1.165, 1.54) is 11.8 Å². The third kappa shape index (κ3) is 5.41. The Balaban J connectivity index is 1.67. The summed E-state index contributed by atoms with van der Waals surface area (Å²) >= 11 is 1.43. The van der Waals surface area contributed by atoms with E-state index in [0.717, 1.165) is 16.8 Å². The van der Waals surface area contributed by atoms with Crippen molar-refractivity contribution in [1.29, 1.82) is 0 Å². The Labute approximate surface area is 215 Å². The second kappa shape index (κ2) is 11.3. The Bertz CT molecular complexity index is 1220. The van der Waals surface area contributed by atoms with E-state index in [1.54, 1.807) is 34.1 Å². The molecule has 0 aliphatic carbocycles. The average Bonchev–Trinajstić information content (AvgIpc) is 3.28. The Kier molecular flexibility index (Phi) is 8.00. The van der Waals surface area contributed by atoms with Crippen LogP contribution in [0, 0.1) is 0 Å². The number of amides is 1. The number of nitrogens with zero attached hydrogens (tertiary/aromatic N) is 2. The molecule has 0 spiro atoms. The summed E-state index contributed by atoms with van der Waals surface area (Å²) in [6, 6.07) is 14.7. The summed E-state index contributed by atoms with van der Waals surface area (Å²) in [5.41, 5.74) is 3.51. The van der Waals surface area contributed by atoms with Crippen LogP contribution >= 0.6 is 11.8 Å². The van der Waals surface area contributed by atoms with E-state index in [0.29, 0.717) is 34.5 Å². The molecule has 2 aliphatic heterocycles. The number of carbonyl (C=O) groups is 2. The van der Waals surface area contributed by atoms with Crippen LogP contribution < -0.4 is 14.8 Å². The fraction of sp³-hybridized carbons (Fsp3) is 0.296. The molecule has 2 aromatic carbocycles. The largest absolute Gasteiger partial charge is 0.497 e. The van der Waals surface area contributed by atoms with Crippen molar-refractivity contribution >= 4 is 28.8 Å². The van der Waals surface area contributed by atoms with Crippen molar-refractivity contribution in [2.75, 3.05) is 20.8 Å². The van der Waals surface area contributed by atoms with Gasteiger partial charge in [0.25, 0.3) is 0 Å². The van der Waals surface area contributed by atoms with Crippen molar-refractivity contribution in [3.05, 3.63) is 82.0 Å². The Hall–Kier alpha value is -3.72. The number of fused-ring (bicyclic) bond motifs is 1. The number of ether oxygens (including phenoxy) is 3. The van der Waals surface area contributed by atoms with Crippen molar-refractivity contribution in [1.82, 2.24) is 10.2 Å². The number of amidine groups is 1. The monoisotopic (exact) mass is 507 g/mol. The SMILES string of the molecule is CCOC(=O)C1=C(C)N=C2SC=C(CC(=O)NCc3ccccc3)N2[C@H]1c1cc(OC)cc(OC)c1. The van der Waals surface area contributed by atoms with E-state index in [4.69, 9.17) is 14.2 Å². The minimum atomic E-state index is -0.566. The summed E-state index contributed by atoms with van der Waals surface area (Å²) in [5.74, 6) is 0.603. The highest BCUT2D eigenvalue weighted by Gasteiger charge is 2.41. The molecule has 0 fully saturated rings. The van der Waals surface area contributed by atoms with Crippen LogP contribution in [0.1, 0.15) is 37.4 Å². The summed E-state index contributed by atoms with van der Waals surface area (Å²) in [6.45, 7) is 4.24. The molecule has 4 rings (SSSR count). The van der Waals surface area contributed by atoms with Crippen LogP contribution in [-0.4, -0.2) is 42.8 Å². The zero-order valence-electron chi connectivity index (χ0n) is 20.7. The number of allylic oxidation sites excluding steroid dienone is 1. The highest BCUT2D eigenvalue weighted by atomic mass is 32.2. The van der Waals surface area contributed by atoms with Crippen LogP contribution in [0.25, 0.3) is 0 Å². The van der Waals surface area contributed by atoms with Gasteiger partial charge in [-0.25, -0.2) is 9.79 Å². The van der Waals surface area contributed by atoms with Crippen LogP contribution in [-0.2, 0) is 20.9 Å². The lowest BCUT2D eigenvalue weighted by molar-refractivity contribution is -0.139. The topological polar surface area (TPSA) is 89.5 Å². The molecule has 0 aromatic heterocycles. The van der Waals surface area contributed by atoms with Gasteiger partial charge in [0, 0.05) is 18.3 Å². The maximum absolute atomic E-state index is 13.1. The summed E-state index contributed by atoms with van der Waals surface area (Å²) in [4.78, 5) is 32.6. The minimum absolute atomic E-state index is 0.127. The molecule has 1 amide bonds. The lowest BCUT2D eigenvalue weighted by Gasteiger charge is -2.36. The molecule has 8 nitrogen and oxygen atoms in total. The average molecular weight is 508 g/mol. The van der Waals surface area contributed by atoms with Gasteiger partial charge < -0.3 is 24.4 Å². The smallest absolute Gasteiger partial charge is 0.338 e. The minimum Gasteiger partial charge on any atom is -0.497 e. The number of hydrogen-bond acceptors (Lipinski definition) is 8. The standard InChI is InChI=1S/C27H29N3O5S/c1-5-35-26(32)24-17(2)29-27-30(25(24)19-11-21(33-3)14-22(12-19)34-4)20(16-36-27)13-23(31)28-15-18-9-7-6-8-10-18/h6-12,14,16,25H,5,13,15H2,1-4H3,(H,28,31)/t25-/m0/s1. The number of hydrogen-bond donors (Lipinski definition) is 1. The maximum Gasteiger partial charge on any atom is 0.338 e. The summed E-state index contributed by atoms with van der Waals surface area (Å²) in [6.07, 6.45) is 0.131. The number of aliphatic imine (C=N–C) groups is 1. The first-order chi connectivity index (χ1) is 17.4. The molecule has 0 radical (unpaired) electrons. The molecular weight excluding hydrogens is 478 g/mol. The molecule has 0 unspecified atom stereocenters. The second-order valence-corrected chi connectivity index (χ2v) is 9.04. The van der Waals surface area contributed by atoms with E-state index in [2.05, 4.69) is 10.3 Å². The predicted molar refractivity (Wildman–Crippen MR) is 139 cm³/mol. The van der Waals surface area contributed by atoms with Gasteiger partial charge in [0.1, 0.15) is 11.5 Å². The number of nitrogens with one attached hydrogen (secondary N) is 1. The van der Waals surface area contributed by atoms with Crippen LogP contribution in [0.15, 0.2) is 75.9 Å². The van der Waals surface area contributed by atoms with Crippen molar-refractivity contribution in [2.45, 2.75) is 32.9 Å². The Morgan fingerprint density at radius 2 is 1.78 bits per heavy atom. The zero-order chi connectivity index (χ0) is 25.7. The number of carbonyl (C=O) groups excluding carboxylic acids is 2. The lowest BCUT2D eigenvalue weighted by atomic mass is 9.93. The van der Waals surface area contributed by atoms with Gasteiger partial charge in [-0.15, -0.1) is 0 Å². The van der Waals surface area contributed by atoms with Crippen molar-refractivity contribution in [3.63, 3.8) is 0 Å². The van der Waals surface area contributed by atoms with Gasteiger partial charge in [0.05, 0.1) is 44.6 Å². The molecule has 36 heavy (non-hydrogen) atoms. The van der Waals surface area contributed by atoms with Gasteiger partial charge in [-0.1, -0.05) is 42.1 Å². The highest BCUT2D eigenvalue weighted by Crippen LogP contribution is 2.46. The summed E-state index contributed by atoms with van der Waals surface area (Å²) < 4.78 is 16.4. The van der Waals surface area contributed by atoms with Crippen LogP contribution in [0.2, 0.25) is 0 Å². The molecule has 0 bridgehead atoms. The van der Waals surface area contributed by atoms with E-state index < -0.39 is 12.0 Å². The number of rotatable bonds is 9. The number of benzene rings is 2. The highest BCUT2D eigenvalue weighted by molar-refractivity contribution is 8.16.